The Hall–Kier alpha value is -1.10. The zero-order valence-corrected chi connectivity index (χ0v) is 10.6. The third kappa shape index (κ3) is 2.95. The van der Waals surface area contributed by atoms with Crippen LogP contribution in [0.1, 0.15) is 19.8 Å². The fourth-order valence-corrected chi connectivity index (χ4v) is 1.71. The molecule has 0 radical (unpaired) electrons. The molecule has 86 valence electrons. The maximum Gasteiger partial charge on any atom is 0.242 e. The van der Waals surface area contributed by atoms with Crippen molar-refractivity contribution in [1.29, 1.82) is 0 Å². The summed E-state index contributed by atoms with van der Waals surface area (Å²) in [5.41, 5.74) is 0.883. The van der Waals surface area contributed by atoms with Gasteiger partial charge in [-0.25, -0.2) is 0 Å². The summed E-state index contributed by atoms with van der Waals surface area (Å²) in [4.78, 5) is 15.7. The monoisotopic (exact) mass is 283 g/mol. The van der Waals surface area contributed by atoms with Gasteiger partial charge in [0.05, 0.1) is 10.2 Å². The van der Waals surface area contributed by atoms with E-state index in [4.69, 9.17) is 0 Å². The molecule has 0 aromatic carbocycles. The molecule has 0 spiro atoms. The first-order valence-corrected chi connectivity index (χ1v) is 6.12. The Labute approximate surface area is 103 Å². The number of hydrogen-bond donors (Lipinski definition) is 2. The van der Waals surface area contributed by atoms with Crippen LogP contribution in [0.5, 0.6) is 0 Å². The van der Waals surface area contributed by atoms with E-state index in [9.17, 15) is 4.79 Å². The highest BCUT2D eigenvalue weighted by Gasteiger charge is 2.25. The minimum atomic E-state index is -0.237. The summed E-state index contributed by atoms with van der Waals surface area (Å²) in [6.45, 7) is 1.85. The van der Waals surface area contributed by atoms with Gasteiger partial charge in [0.15, 0.2) is 0 Å². The number of nitrogens with zero attached hydrogens (tertiary/aromatic N) is 1. The minimum Gasteiger partial charge on any atom is -0.373 e. The van der Waals surface area contributed by atoms with Crippen molar-refractivity contribution in [3.8, 4) is 0 Å². The van der Waals surface area contributed by atoms with E-state index in [2.05, 4.69) is 31.5 Å². The van der Waals surface area contributed by atoms with Gasteiger partial charge in [-0.1, -0.05) is 0 Å². The smallest absolute Gasteiger partial charge is 0.242 e. The summed E-state index contributed by atoms with van der Waals surface area (Å²) >= 11 is 3.38. The van der Waals surface area contributed by atoms with Crippen LogP contribution in [0.15, 0.2) is 22.9 Å². The van der Waals surface area contributed by atoms with Crippen LogP contribution in [0.2, 0.25) is 0 Å². The molecule has 1 saturated carbocycles. The predicted octanol–water partition coefficient (Wildman–Crippen LogP) is 1.92. The maximum atomic E-state index is 11.7. The molecule has 1 heterocycles. The van der Waals surface area contributed by atoms with Gasteiger partial charge in [0.1, 0.15) is 6.04 Å². The molecule has 0 aliphatic heterocycles. The summed E-state index contributed by atoms with van der Waals surface area (Å²) in [6.07, 6.45) is 5.61. The van der Waals surface area contributed by atoms with Crippen molar-refractivity contribution in [2.75, 3.05) is 5.32 Å². The molecule has 1 amide bonds. The van der Waals surface area contributed by atoms with Crippen LogP contribution in [0, 0.1) is 0 Å². The van der Waals surface area contributed by atoms with E-state index in [1.54, 1.807) is 12.4 Å². The van der Waals surface area contributed by atoms with E-state index >= 15 is 0 Å². The van der Waals surface area contributed by atoms with Crippen LogP contribution < -0.4 is 10.6 Å². The molecule has 1 aromatic heterocycles. The molecule has 16 heavy (non-hydrogen) atoms. The second-order valence-electron chi connectivity index (χ2n) is 4.00. The first-order valence-electron chi connectivity index (χ1n) is 5.33. The largest absolute Gasteiger partial charge is 0.373 e. The number of carbonyl (C=O) groups excluding carboxylic acids is 1. The van der Waals surface area contributed by atoms with E-state index in [-0.39, 0.29) is 11.9 Å². The Kier molecular flexibility index (Phi) is 3.43. The van der Waals surface area contributed by atoms with Gasteiger partial charge < -0.3 is 10.6 Å². The summed E-state index contributed by atoms with van der Waals surface area (Å²) in [7, 11) is 0. The summed E-state index contributed by atoms with van der Waals surface area (Å²) in [5.74, 6) is 0.0474. The number of pyridine rings is 1. The average molecular weight is 284 g/mol. The van der Waals surface area contributed by atoms with Gasteiger partial charge in [0, 0.05) is 18.4 Å². The molecule has 0 saturated heterocycles. The SMILES string of the molecule is CC(Nc1ccncc1Br)C(=O)NC1CC1. The second-order valence-corrected chi connectivity index (χ2v) is 4.86. The van der Waals surface area contributed by atoms with Crippen LogP contribution in [0.3, 0.4) is 0 Å². The normalized spacial score (nSPS) is 16.6. The third-order valence-electron chi connectivity index (χ3n) is 2.46. The van der Waals surface area contributed by atoms with E-state index in [0.29, 0.717) is 6.04 Å². The van der Waals surface area contributed by atoms with E-state index < -0.39 is 0 Å². The van der Waals surface area contributed by atoms with Crippen molar-refractivity contribution in [3.63, 3.8) is 0 Å². The summed E-state index contributed by atoms with van der Waals surface area (Å²) in [6, 6.07) is 2.00. The number of carbonyl (C=O) groups is 1. The fraction of sp³-hybridized carbons (Fsp3) is 0.455. The van der Waals surface area contributed by atoms with E-state index in [0.717, 1.165) is 23.0 Å². The molecule has 1 unspecified atom stereocenters. The Morgan fingerprint density at radius 3 is 3.00 bits per heavy atom. The van der Waals surface area contributed by atoms with Gasteiger partial charge in [-0.15, -0.1) is 0 Å². The summed E-state index contributed by atoms with van der Waals surface area (Å²) < 4.78 is 0.862. The molecule has 0 bridgehead atoms. The van der Waals surface area contributed by atoms with Crippen LogP contribution >= 0.6 is 15.9 Å². The van der Waals surface area contributed by atoms with Crippen LogP contribution in [0.4, 0.5) is 5.69 Å². The number of aromatic nitrogens is 1. The van der Waals surface area contributed by atoms with Crippen molar-refractivity contribution in [1.82, 2.24) is 10.3 Å². The molecule has 2 rings (SSSR count). The maximum absolute atomic E-state index is 11.7. The highest BCUT2D eigenvalue weighted by molar-refractivity contribution is 9.10. The molecule has 1 atom stereocenters. The first-order chi connectivity index (χ1) is 7.66. The van der Waals surface area contributed by atoms with Crippen molar-refractivity contribution in [3.05, 3.63) is 22.9 Å². The number of halogens is 1. The molecular formula is C11H14BrN3O. The van der Waals surface area contributed by atoms with Gasteiger partial charge in [-0.05, 0) is 41.8 Å². The standard InChI is InChI=1S/C11H14BrN3O/c1-7(11(16)15-8-2-3-8)14-10-4-5-13-6-9(10)12/h4-8H,2-3H2,1H3,(H,13,14)(H,15,16). The molecule has 5 heteroatoms. The quantitative estimate of drug-likeness (QED) is 0.888. The highest BCUT2D eigenvalue weighted by Crippen LogP contribution is 2.22. The van der Waals surface area contributed by atoms with Crippen molar-refractivity contribution < 1.29 is 4.79 Å². The predicted molar refractivity (Wildman–Crippen MR) is 66.2 cm³/mol. The number of anilines is 1. The van der Waals surface area contributed by atoms with Crippen LogP contribution in [-0.4, -0.2) is 23.0 Å². The number of amides is 1. The van der Waals surface area contributed by atoms with Crippen LogP contribution in [-0.2, 0) is 4.79 Å². The first kappa shape index (κ1) is 11.4. The Morgan fingerprint density at radius 1 is 1.62 bits per heavy atom. The average Bonchev–Trinajstić information content (AvgIpc) is 3.05. The van der Waals surface area contributed by atoms with Gasteiger partial charge in [0.25, 0.3) is 0 Å². The third-order valence-corrected chi connectivity index (χ3v) is 3.09. The van der Waals surface area contributed by atoms with Gasteiger partial charge >= 0.3 is 0 Å². The molecule has 1 aliphatic rings. The lowest BCUT2D eigenvalue weighted by molar-refractivity contribution is -0.121. The molecule has 1 fully saturated rings. The minimum absolute atomic E-state index is 0.0474. The molecule has 1 aliphatic carbocycles. The van der Waals surface area contributed by atoms with Crippen molar-refractivity contribution >= 4 is 27.5 Å². The molecule has 1 aromatic rings. The Morgan fingerprint density at radius 2 is 2.38 bits per heavy atom. The van der Waals surface area contributed by atoms with E-state index in [1.807, 2.05) is 13.0 Å². The highest BCUT2D eigenvalue weighted by atomic mass is 79.9. The lowest BCUT2D eigenvalue weighted by atomic mass is 10.3. The zero-order chi connectivity index (χ0) is 11.5. The number of rotatable bonds is 4. The molecule has 4 nitrogen and oxygen atoms in total. The second kappa shape index (κ2) is 4.82. The van der Waals surface area contributed by atoms with Gasteiger partial charge in [0.2, 0.25) is 5.91 Å². The number of hydrogen-bond acceptors (Lipinski definition) is 3. The molecular weight excluding hydrogens is 270 g/mol. The Bertz CT molecular complexity index is 393. The topological polar surface area (TPSA) is 54.0 Å². The van der Waals surface area contributed by atoms with Gasteiger partial charge in [-0.3, -0.25) is 9.78 Å². The van der Waals surface area contributed by atoms with E-state index in [1.165, 1.54) is 0 Å². The van der Waals surface area contributed by atoms with Crippen molar-refractivity contribution in [2.24, 2.45) is 0 Å². The van der Waals surface area contributed by atoms with Crippen LogP contribution in [0.25, 0.3) is 0 Å². The van der Waals surface area contributed by atoms with Gasteiger partial charge in [-0.2, -0.15) is 0 Å². The van der Waals surface area contributed by atoms with Crippen molar-refractivity contribution in [2.45, 2.75) is 31.8 Å². The lowest BCUT2D eigenvalue weighted by Crippen LogP contribution is -2.38. The Balaban J connectivity index is 1.92. The molecule has 2 N–H and O–H groups in total. The lowest BCUT2D eigenvalue weighted by Gasteiger charge is -2.15. The fourth-order valence-electron chi connectivity index (χ4n) is 1.34. The summed E-state index contributed by atoms with van der Waals surface area (Å²) in [5, 5.41) is 6.11. The zero-order valence-electron chi connectivity index (χ0n) is 9.03. The number of nitrogens with one attached hydrogen (secondary N) is 2.